The Morgan fingerprint density at radius 1 is 1.19 bits per heavy atom. The van der Waals surface area contributed by atoms with E-state index in [2.05, 4.69) is 9.71 Å². The van der Waals surface area contributed by atoms with E-state index < -0.39 is 16.0 Å². The Morgan fingerprint density at radius 2 is 1.90 bits per heavy atom. The number of nitrogens with one attached hydrogen (secondary N) is 1. The van der Waals surface area contributed by atoms with Crippen molar-refractivity contribution < 1.29 is 17.9 Å². The van der Waals surface area contributed by atoms with E-state index in [9.17, 15) is 13.2 Å². The van der Waals surface area contributed by atoms with Crippen molar-refractivity contribution in [3.8, 4) is 0 Å². The van der Waals surface area contributed by atoms with Crippen molar-refractivity contribution >= 4 is 16.0 Å². The fourth-order valence-corrected chi connectivity index (χ4v) is 2.32. The summed E-state index contributed by atoms with van der Waals surface area (Å²) in [7, 11) is -2.18. The van der Waals surface area contributed by atoms with Gasteiger partial charge in [0.25, 0.3) is 0 Å². The SMILES string of the molecule is CNS(=O)(=O)c1ccc(C(=O)OCc2ccccn2)cc1. The van der Waals surface area contributed by atoms with Crippen LogP contribution in [0.3, 0.4) is 0 Å². The first-order valence-corrected chi connectivity index (χ1v) is 7.62. The van der Waals surface area contributed by atoms with Crippen molar-refractivity contribution in [2.75, 3.05) is 7.05 Å². The number of aromatic nitrogens is 1. The lowest BCUT2D eigenvalue weighted by molar-refractivity contribution is 0.0467. The molecule has 110 valence electrons. The maximum atomic E-state index is 11.8. The van der Waals surface area contributed by atoms with Gasteiger partial charge in [-0.05, 0) is 43.4 Å². The molecule has 1 heterocycles. The maximum Gasteiger partial charge on any atom is 0.338 e. The van der Waals surface area contributed by atoms with E-state index in [-0.39, 0.29) is 17.1 Å². The van der Waals surface area contributed by atoms with Gasteiger partial charge in [-0.15, -0.1) is 0 Å². The van der Waals surface area contributed by atoms with Crippen molar-refractivity contribution in [2.24, 2.45) is 0 Å². The molecule has 21 heavy (non-hydrogen) atoms. The number of benzene rings is 1. The van der Waals surface area contributed by atoms with E-state index in [1.165, 1.54) is 31.3 Å². The molecule has 0 bridgehead atoms. The average Bonchev–Trinajstić information content (AvgIpc) is 2.53. The number of ether oxygens (including phenoxy) is 1. The second-order valence-electron chi connectivity index (χ2n) is 4.13. The molecule has 6 nitrogen and oxygen atoms in total. The summed E-state index contributed by atoms with van der Waals surface area (Å²) in [4.78, 5) is 16.0. The first-order valence-electron chi connectivity index (χ1n) is 6.13. The minimum Gasteiger partial charge on any atom is -0.456 e. The smallest absolute Gasteiger partial charge is 0.338 e. The number of hydrogen-bond acceptors (Lipinski definition) is 5. The molecule has 2 aromatic rings. The normalized spacial score (nSPS) is 11.1. The van der Waals surface area contributed by atoms with E-state index in [4.69, 9.17) is 4.74 Å². The number of esters is 1. The summed E-state index contributed by atoms with van der Waals surface area (Å²) in [6.45, 7) is 0.0657. The van der Waals surface area contributed by atoms with Crippen LogP contribution in [0.5, 0.6) is 0 Å². The molecule has 0 aliphatic rings. The number of sulfonamides is 1. The third kappa shape index (κ3) is 3.87. The zero-order valence-electron chi connectivity index (χ0n) is 11.3. The highest BCUT2D eigenvalue weighted by atomic mass is 32.2. The first kappa shape index (κ1) is 15.1. The van der Waals surface area contributed by atoms with Gasteiger partial charge < -0.3 is 4.74 Å². The van der Waals surface area contributed by atoms with E-state index in [0.717, 1.165) is 0 Å². The van der Waals surface area contributed by atoms with Gasteiger partial charge in [0, 0.05) is 6.20 Å². The first-order chi connectivity index (χ1) is 10.0. The molecule has 0 atom stereocenters. The van der Waals surface area contributed by atoms with Crippen LogP contribution in [0.1, 0.15) is 16.1 Å². The van der Waals surface area contributed by atoms with Gasteiger partial charge >= 0.3 is 5.97 Å². The van der Waals surface area contributed by atoms with Gasteiger partial charge in [0.05, 0.1) is 16.2 Å². The Balaban J connectivity index is 2.04. The number of pyridine rings is 1. The standard InChI is InChI=1S/C14H14N2O4S/c1-15-21(18,19)13-7-5-11(6-8-13)14(17)20-10-12-4-2-3-9-16-12/h2-9,15H,10H2,1H3. The number of carbonyl (C=O) groups is 1. The largest absolute Gasteiger partial charge is 0.456 e. The van der Waals surface area contributed by atoms with Crippen LogP contribution in [0.25, 0.3) is 0 Å². The molecule has 1 aromatic carbocycles. The summed E-state index contributed by atoms with van der Waals surface area (Å²) < 4.78 is 30.4. The molecule has 1 N–H and O–H groups in total. The molecular formula is C14H14N2O4S. The van der Waals surface area contributed by atoms with Crippen molar-refractivity contribution in [1.29, 1.82) is 0 Å². The van der Waals surface area contributed by atoms with Gasteiger partial charge in [0.2, 0.25) is 10.0 Å². The minimum atomic E-state index is -3.51. The zero-order valence-corrected chi connectivity index (χ0v) is 12.1. The summed E-state index contributed by atoms with van der Waals surface area (Å²) in [6, 6.07) is 10.8. The molecule has 7 heteroatoms. The highest BCUT2D eigenvalue weighted by Gasteiger charge is 2.13. The lowest BCUT2D eigenvalue weighted by Crippen LogP contribution is -2.18. The van der Waals surface area contributed by atoms with E-state index in [0.29, 0.717) is 5.69 Å². The van der Waals surface area contributed by atoms with E-state index >= 15 is 0 Å². The van der Waals surface area contributed by atoms with Crippen LogP contribution in [0, 0.1) is 0 Å². The third-order valence-electron chi connectivity index (χ3n) is 2.75. The Hall–Kier alpha value is -2.25. The van der Waals surface area contributed by atoms with Crippen LogP contribution in [-0.2, 0) is 21.4 Å². The minimum absolute atomic E-state index is 0.0657. The molecule has 0 spiro atoms. The average molecular weight is 306 g/mol. The number of carbonyl (C=O) groups excluding carboxylic acids is 1. The molecule has 0 radical (unpaired) electrons. The van der Waals surface area contributed by atoms with Crippen LogP contribution in [0.4, 0.5) is 0 Å². The fraction of sp³-hybridized carbons (Fsp3) is 0.143. The van der Waals surface area contributed by atoms with Crippen molar-refractivity contribution in [3.63, 3.8) is 0 Å². The maximum absolute atomic E-state index is 11.8. The van der Waals surface area contributed by atoms with Gasteiger partial charge in [-0.2, -0.15) is 0 Å². The van der Waals surface area contributed by atoms with Gasteiger partial charge in [-0.1, -0.05) is 6.07 Å². The topological polar surface area (TPSA) is 85.4 Å². The van der Waals surface area contributed by atoms with Crippen LogP contribution < -0.4 is 4.72 Å². The highest BCUT2D eigenvalue weighted by Crippen LogP contribution is 2.11. The van der Waals surface area contributed by atoms with Crippen molar-refractivity contribution in [1.82, 2.24) is 9.71 Å². The Morgan fingerprint density at radius 3 is 2.48 bits per heavy atom. The van der Waals surface area contributed by atoms with Crippen LogP contribution >= 0.6 is 0 Å². The van der Waals surface area contributed by atoms with E-state index in [1.807, 2.05) is 0 Å². The molecule has 0 amide bonds. The van der Waals surface area contributed by atoms with Gasteiger partial charge in [0.1, 0.15) is 6.61 Å². The van der Waals surface area contributed by atoms with Crippen LogP contribution in [-0.4, -0.2) is 26.4 Å². The summed E-state index contributed by atoms with van der Waals surface area (Å²) in [6.07, 6.45) is 1.61. The predicted molar refractivity (Wildman–Crippen MR) is 76.0 cm³/mol. The molecule has 0 fully saturated rings. The lowest BCUT2D eigenvalue weighted by Gasteiger charge is -2.06. The van der Waals surface area contributed by atoms with Gasteiger partial charge in [-0.25, -0.2) is 17.9 Å². The number of hydrogen-bond donors (Lipinski definition) is 1. The highest BCUT2D eigenvalue weighted by molar-refractivity contribution is 7.89. The molecular weight excluding hydrogens is 292 g/mol. The quantitative estimate of drug-likeness (QED) is 0.843. The molecule has 0 aliphatic carbocycles. The second-order valence-corrected chi connectivity index (χ2v) is 6.02. The molecule has 1 aromatic heterocycles. The summed E-state index contributed by atoms with van der Waals surface area (Å²) in [5.41, 5.74) is 0.918. The third-order valence-corrected chi connectivity index (χ3v) is 4.18. The Kier molecular flexibility index (Phi) is 4.66. The van der Waals surface area contributed by atoms with Crippen molar-refractivity contribution in [3.05, 3.63) is 59.9 Å². The van der Waals surface area contributed by atoms with Crippen molar-refractivity contribution in [2.45, 2.75) is 11.5 Å². The molecule has 2 rings (SSSR count). The van der Waals surface area contributed by atoms with Crippen LogP contribution in [0.2, 0.25) is 0 Å². The fourth-order valence-electron chi connectivity index (χ4n) is 1.59. The van der Waals surface area contributed by atoms with Gasteiger partial charge in [0.15, 0.2) is 0 Å². The monoisotopic (exact) mass is 306 g/mol. The molecule has 0 saturated heterocycles. The molecule has 0 aliphatic heterocycles. The Bertz CT molecular complexity index is 712. The summed E-state index contributed by atoms with van der Waals surface area (Å²) in [5.74, 6) is -0.533. The Labute approximate surface area is 122 Å². The van der Waals surface area contributed by atoms with Crippen LogP contribution in [0.15, 0.2) is 53.6 Å². The molecule has 0 saturated carbocycles. The number of rotatable bonds is 5. The van der Waals surface area contributed by atoms with Gasteiger partial charge in [-0.3, -0.25) is 4.98 Å². The summed E-state index contributed by atoms with van der Waals surface area (Å²) in [5, 5.41) is 0. The lowest BCUT2D eigenvalue weighted by atomic mass is 10.2. The zero-order chi connectivity index (χ0) is 15.3. The molecule has 0 unspecified atom stereocenters. The van der Waals surface area contributed by atoms with E-state index in [1.54, 1.807) is 24.4 Å². The predicted octanol–water partition coefficient (Wildman–Crippen LogP) is 1.35. The summed E-state index contributed by atoms with van der Waals surface area (Å²) >= 11 is 0. The number of nitrogens with zero attached hydrogens (tertiary/aromatic N) is 1. The second kappa shape index (κ2) is 6.47.